The van der Waals surface area contributed by atoms with Crippen LogP contribution in [0, 0.1) is 0 Å². The molecule has 0 atom stereocenters. The van der Waals surface area contributed by atoms with Crippen molar-refractivity contribution in [3.05, 3.63) is 71.3 Å². The highest BCUT2D eigenvalue weighted by Gasteiger charge is 2.34. The standard InChI is InChI=1S/C21H13NO4S3/c23-20-18(11-14-7-9-19(26-14)28-15-4-2-1-3-5-15)29-21(27)22(20)13-6-8-16-17(10-13)25-12-24-16/h1-11H,12H2/b18-11-. The summed E-state index contributed by atoms with van der Waals surface area (Å²) < 4.78 is 17.0. The number of thioether (sulfide) groups is 1. The van der Waals surface area contributed by atoms with Gasteiger partial charge in [0.05, 0.1) is 10.6 Å². The van der Waals surface area contributed by atoms with E-state index in [4.69, 9.17) is 26.1 Å². The van der Waals surface area contributed by atoms with Crippen LogP contribution in [0.15, 0.2) is 80.0 Å². The molecule has 1 amide bonds. The second-order valence-corrected chi connectivity index (χ2v) is 8.88. The average Bonchev–Trinajstić information content (AvgIpc) is 3.43. The van der Waals surface area contributed by atoms with Crippen LogP contribution in [-0.2, 0) is 4.79 Å². The SMILES string of the molecule is O=C1/C(=C/c2ccc(Sc3ccccc3)o2)SC(=S)N1c1ccc2c(c1)OCO2. The van der Waals surface area contributed by atoms with E-state index in [-0.39, 0.29) is 12.7 Å². The Morgan fingerprint density at radius 1 is 1.03 bits per heavy atom. The molecule has 1 saturated heterocycles. The van der Waals surface area contributed by atoms with Gasteiger partial charge in [-0.3, -0.25) is 9.69 Å². The number of rotatable bonds is 4. The fraction of sp³-hybridized carbons (Fsp3) is 0.0476. The maximum absolute atomic E-state index is 12.9. The van der Waals surface area contributed by atoms with Gasteiger partial charge in [0.1, 0.15) is 5.76 Å². The van der Waals surface area contributed by atoms with Crippen molar-refractivity contribution in [2.24, 2.45) is 0 Å². The molecule has 1 fully saturated rings. The highest BCUT2D eigenvalue weighted by atomic mass is 32.2. The molecular weight excluding hydrogens is 426 g/mol. The fourth-order valence-corrected chi connectivity index (χ4v) is 4.99. The number of carbonyl (C=O) groups excluding carboxylic acids is 1. The number of nitrogens with zero attached hydrogens (tertiary/aromatic N) is 1. The van der Waals surface area contributed by atoms with Gasteiger partial charge in [-0.15, -0.1) is 0 Å². The van der Waals surface area contributed by atoms with Gasteiger partial charge in [-0.2, -0.15) is 0 Å². The molecule has 2 aliphatic heterocycles. The molecule has 2 aromatic carbocycles. The van der Waals surface area contributed by atoms with E-state index < -0.39 is 0 Å². The molecular formula is C21H13NO4S3. The van der Waals surface area contributed by atoms with Gasteiger partial charge in [-0.1, -0.05) is 53.9 Å². The normalized spacial score (nSPS) is 16.8. The Balaban J connectivity index is 1.36. The minimum Gasteiger partial charge on any atom is -0.454 e. The van der Waals surface area contributed by atoms with Crippen LogP contribution >= 0.6 is 35.7 Å². The summed E-state index contributed by atoms with van der Waals surface area (Å²) in [5, 5.41) is 0.758. The van der Waals surface area contributed by atoms with Crippen molar-refractivity contribution >= 4 is 57.7 Å². The predicted molar refractivity (Wildman–Crippen MR) is 117 cm³/mol. The highest BCUT2D eigenvalue weighted by molar-refractivity contribution is 8.27. The lowest BCUT2D eigenvalue weighted by molar-refractivity contribution is -0.113. The van der Waals surface area contributed by atoms with Gasteiger partial charge in [0.2, 0.25) is 6.79 Å². The molecule has 5 nitrogen and oxygen atoms in total. The second-order valence-electron chi connectivity index (χ2n) is 6.13. The molecule has 0 N–H and O–H groups in total. The largest absolute Gasteiger partial charge is 0.454 e. The molecule has 1 aromatic heterocycles. The average molecular weight is 440 g/mol. The lowest BCUT2D eigenvalue weighted by Gasteiger charge is -2.14. The lowest BCUT2D eigenvalue weighted by Crippen LogP contribution is -2.27. The van der Waals surface area contributed by atoms with Gasteiger partial charge in [0, 0.05) is 17.0 Å². The Hall–Kier alpha value is -2.68. The van der Waals surface area contributed by atoms with E-state index in [0.29, 0.717) is 32.2 Å². The number of amides is 1. The monoisotopic (exact) mass is 439 g/mol. The van der Waals surface area contributed by atoms with Crippen LogP contribution in [-0.4, -0.2) is 17.0 Å². The van der Waals surface area contributed by atoms with Crippen LogP contribution in [0.4, 0.5) is 5.69 Å². The minimum atomic E-state index is -0.187. The smallest absolute Gasteiger partial charge is 0.270 e. The number of ether oxygens (including phenoxy) is 2. The van der Waals surface area contributed by atoms with E-state index in [2.05, 4.69) is 0 Å². The Labute approximate surface area is 180 Å². The summed E-state index contributed by atoms with van der Waals surface area (Å²) in [4.78, 5) is 16.0. The Morgan fingerprint density at radius 3 is 2.72 bits per heavy atom. The molecule has 8 heteroatoms. The molecule has 0 spiro atoms. The van der Waals surface area contributed by atoms with Gasteiger partial charge in [0.15, 0.2) is 20.9 Å². The Kier molecular flexibility index (Phi) is 4.83. The van der Waals surface area contributed by atoms with Crippen molar-refractivity contribution in [3.8, 4) is 11.5 Å². The molecule has 2 aliphatic rings. The number of benzene rings is 2. The van der Waals surface area contributed by atoms with Crippen LogP contribution < -0.4 is 14.4 Å². The summed E-state index contributed by atoms with van der Waals surface area (Å²) in [6.45, 7) is 0.179. The fourth-order valence-electron chi connectivity index (χ4n) is 2.92. The summed E-state index contributed by atoms with van der Waals surface area (Å²) in [6.07, 6.45) is 1.72. The van der Waals surface area contributed by atoms with Gasteiger partial charge < -0.3 is 13.9 Å². The minimum absolute atomic E-state index is 0.179. The van der Waals surface area contributed by atoms with Crippen molar-refractivity contribution in [2.75, 3.05) is 11.7 Å². The first-order chi connectivity index (χ1) is 14.2. The van der Waals surface area contributed by atoms with E-state index in [1.54, 1.807) is 24.3 Å². The zero-order valence-corrected chi connectivity index (χ0v) is 17.3. The van der Waals surface area contributed by atoms with Gasteiger partial charge >= 0.3 is 0 Å². The van der Waals surface area contributed by atoms with Crippen LogP contribution in [0.2, 0.25) is 0 Å². The maximum Gasteiger partial charge on any atom is 0.270 e. The molecule has 29 heavy (non-hydrogen) atoms. The number of furan rings is 1. The first-order valence-electron chi connectivity index (χ1n) is 8.68. The summed E-state index contributed by atoms with van der Waals surface area (Å²) >= 11 is 8.21. The summed E-state index contributed by atoms with van der Waals surface area (Å²) in [5.74, 6) is 1.69. The van der Waals surface area contributed by atoms with Crippen molar-refractivity contribution in [3.63, 3.8) is 0 Å². The van der Waals surface area contributed by atoms with Gasteiger partial charge in [-0.25, -0.2) is 0 Å². The molecule has 0 bridgehead atoms. The number of hydrogen-bond donors (Lipinski definition) is 0. The van der Waals surface area contributed by atoms with E-state index in [1.165, 1.54) is 28.4 Å². The lowest BCUT2D eigenvalue weighted by atomic mass is 10.2. The van der Waals surface area contributed by atoms with E-state index >= 15 is 0 Å². The Bertz CT molecular complexity index is 1140. The first kappa shape index (κ1) is 18.4. The molecule has 0 saturated carbocycles. The molecule has 5 rings (SSSR count). The number of hydrogen-bond acceptors (Lipinski definition) is 7. The van der Waals surface area contributed by atoms with E-state index in [1.807, 2.05) is 42.5 Å². The van der Waals surface area contributed by atoms with Crippen molar-refractivity contribution < 1.29 is 18.7 Å². The van der Waals surface area contributed by atoms with Gasteiger partial charge in [0.25, 0.3) is 5.91 Å². The molecule has 3 aromatic rings. The third-order valence-electron chi connectivity index (χ3n) is 4.25. The zero-order valence-electron chi connectivity index (χ0n) is 14.9. The summed E-state index contributed by atoms with van der Waals surface area (Å²) in [6, 6.07) is 19.0. The Morgan fingerprint density at radius 2 is 1.86 bits per heavy atom. The molecule has 3 heterocycles. The van der Waals surface area contributed by atoms with Crippen molar-refractivity contribution in [1.29, 1.82) is 0 Å². The highest BCUT2D eigenvalue weighted by Crippen LogP contribution is 2.41. The predicted octanol–water partition coefficient (Wildman–Crippen LogP) is 5.57. The van der Waals surface area contributed by atoms with Crippen LogP contribution in [0.3, 0.4) is 0 Å². The van der Waals surface area contributed by atoms with Crippen LogP contribution in [0.5, 0.6) is 11.5 Å². The third-order valence-corrected chi connectivity index (χ3v) is 6.48. The van der Waals surface area contributed by atoms with Crippen LogP contribution in [0.1, 0.15) is 5.76 Å². The van der Waals surface area contributed by atoms with Gasteiger partial charge in [-0.05, 0) is 36.4 Å². The number of anilines is 1. The topological polar surface area (TPSA) is 51.9 Å². The third kappa shape index (κ3) is 3.66. The molecule has 0 aliphatic carbocycles. The number of fused-ring (bicyclic) bond motifs is 1. The zero-order chi connectivity index (χ0) is 19.8. The van der Waals surface area contributed by atoms with Crippen molar-refractivity contribution in [2.45, 2.75) is 9.99 Å². The van der Waals surface area contributed by atoms with Crippen molar-refractivity contribution in [1.82, 2.24) is 0 Å². The summed E-state index contributed by atoms with van der Waals surface area (Å²) in [5.41, 5.74) is 0.653. The molecule has 0 radical (unpaired) electrons. The molecule has 0 unspecified atom stereocenters. The number of thiocarbonyl (C=S) groups is 1. The number of carbonyl (C=O) groups is 1. The quantitative estimate of drug-likeness (QED) is 0.389. The second kappa shape index (κ2) is 7.62. The first-order valence-corrected chi connectivity index (χ1v) is 10.7. The summed E-state index contributed by atoms with van der Waals surface area (Å²) in [7, 11) is 0. The van der Waals surface area contributed by atoms with Crippen LogP contribution in [0.25, 0.3) is 6.08 Å². The maximum atomic E-state index is 12.9. The van der Waals surface area contributed by atoms with E-state index in [0.717, 1.165) is 9.99 Å². The molecule has 144 valence electrons. The van der Waals surface area contributed by atoms with E-state index in [9.17, 15) is 4.79 Å².